The van der Waals surface area contributed by atoms with E-state index in [9.17, 15) is 5.11 Å². The van der Waals surface area contributed by atoms with E-state index < -0.39 is 0 Å². The molecule has 0 radical (unpaired) electrons. The van der Waals surface area contributed by atoms with Crippen LogP contribution in [0, 0.1) is 13.8 Å². The number of anilines is 1. The number of hydrogen-bond donors (Lipinski definition) is 2. The predicted octanol–water partition coefficient (Wildman–Crippen LogP) is 1.26. The van der Waals surface area contributed by atoms with Crippen molar-refractivity contribution in [2.24, 2.45) is 0 Å². The Labute approximate surface area is 108 Å². The lowest BCUT2D eigenvalue weighted by atomic mass is 10.1. The zero-order valence-corrected chi connectivity index (χ0v) is 11.5. The van der Waals surface area contributed by atoms with Crippen LogP contribution in [0.25, 0.3) is 0 Å². The van der Waals surface area contributed by atoms with Gasteiger partial charge in [0.25, 0.3) is 0 Å². The van der Waals surface area contributed by atoms with Gasteiger partial charge in [0.2, 0.25) is 0 Å². The highest BCUT2D eigenvalue weighted by Gasteiger charge is 2.11. The molecule has 0 bridgehead atoms. The summed E-state index contributed by atoms with van der Waals surface area (Å²) in [5.74, 6) is 0.716. The highest BCUT2D eigenvalue weighted by Crippen LogP contribution is 2.18. The normalized spacial score (nSPS) is 12.5. The Bertz CT molecular complexity index is 383. The van der Waals surface area contributed by atoms with Gasteiger partial charge in [0, 0.05) is 32.0 Å². The van der Waals surface area contributed by atoms with Gasteiger partial charge < -0.3 is 19.9 Å². The van der Waals surface area contributed by atoms with Crippen LogP contribution in [-0.4, -0.2) is 43.6 Å². The Kier molecular flexibility index (Phi) is 6.04. The molecule has 0 aliphatic rings. The Balaban J connectivity index is 2.77. The maximum Gasteiger partial charge on any atom is 0.132 e. The summed E-state index contributed by atoms with van der Waals surface area (Å²) in [6.07, 6.45) is -0.0378. The number of hydrogen-bond acceptors (Lipinski definition) is 5. The molecule has 1 atom stereocenters. The second-order valence-corrected chi connectivity index (χ2v) is 4.26. The Hall–Kier alpha value is -1.17. The largest absolute Gasteiger partial charge is 0.392 e. The number of nitrogens with zero attached hydrogens (tertiary/aromatic N) is 1. The number of aromatic nitrogens is 1. The maximum atomic E-state index is 9.38. The third kappa shape index (κ3) is 3.94. The molecule has 5 heteroatoms. The quantitative estimate of drug-likeness (QED) is 0.767. The molecule has 18 heavy (non-hydrogen) atoms. The van der Waals surface area contributed by atoms with Crippen LogP contribution in [0.4, 0.5) is 5.82 Å². The van der Waals surface area contributed by atoms with Crippen molar-refractivity contribution >= 4 is 5.82 Å². The highest BCUT2D eigenvalue weighted by atomic mass is 16.5. The summed E-state index contributed by atoms with van der Waals surface area (Å²) < 4.78 is 10.3. The molecule has 1 aromatic rings. The van der Waals surface area contributed by atoms with Gasteiger partial charge in [-0.1, -0.05) is 0 Å². The fourth-order valence-electron chi connectivity index (χ4n) is 1.82. The van der Waals surface area contributed by atoms with Gasteiger partial charge in [0.15, 0.2) is 0 Å². The fraction of sp³-hybridized carbons (Fsp3) is 0.615. The van der Waals surface area contributed by atoms with Gasteiger partial charge in [0.05, 0.1) is 19.3 Å². The highest BCUT2D eigenvalue weighted by molar-refractivity contribution is 5.49. The molecule has 2 N–H and O–H groups in total. The summed E-state index contributed by atoms with van der Waals surface area (Å²) in [5.41, 5.74) is 2.79. The smallest absolute Gasteiger partial charge is 0.132 e. The van der Waals surface area contributed by atoms with E-state index in [1.54, 1.807) is 14.2 Å². The standard InChI is InChI=1S/C13H22N2O3/c1-9-5-10(2)15-13(12(9)7-16)14-6-11(18-4)8-17-3/h5,11,16H,6-8H2,1-4H3,(H,14,15). The molecular formula is C13H22N2O3. The van der Waals surface area contributed by atoms with E-state index in [0.29, 0.717) is 19.0 Å². The Morgan fingerprint density at radius 1 is 1.39 bits per heavy atom. The topological polar surface area (TPSA) is 63.6 Å². The number of aryl methyl sites for hydroxylation is 2. The lowest BCUT2D eigenvalue weighted by Gasteiger charge is -2.18. The summed E-state index contributed by atoms with van der Waals surface area (Å²) >= 11 is 0. The van der Waals surface area contributed by atoms with E-state index in [-0.39, 0.29) is 12.7 Å². The molecule has 0 spiro atoms. The Morgan fingerprint density at radius 3 is 2.67 bits per heavy atom. The molecule has 0 aromatic carbocycles. The third-order valence-electron chi connectivity index (χ3n) is 2.82. The van der Waals surface area contributed by atoms with Crippen molar-refractivity contribution in [2.45, 2.75) is 26.6 Å². The van der Waals surface area contributed by atoms with Crippen molar-refractivity contribution < 1.29 is 14.6 Å². The molecule has 5 nitrogen and oxygen atoms in total. The zero-order valence-electron chi connectivity index (χ0n) is 11.5. The lowest BCUT2D eigenvalue weighted by molar-refractivity contribution is 0.0365. The van der Waals surface area contributed by atoms with Crippen LogP contribution in [0.3, 0.4) is 0 Å². The number of pyridine rings is 1. The number of aliphatic hydroxyl groups is 1. The van der Waals surface area contributed by atoms with Crippen molar-refractivity contribution in [1.29, 1.82) is 0 Å². The average molecular weight is 254 g/mol. The van der Waals surface area contributed by atoms with Gasteiger partial charge in [-0.2, -0.15) is 0 Å². The first kappa shape index (κ1) is 14.9. The first-order valence-electron chi connectivity index (χ1n) is 5.96. The predicted molar refractivity (Wildman–Crippen MR) is 70.8 cm³/mol. The number of rotatable bonds is 7. The first-order valence-corrected chi connectivity index (χ1v) is 5.96. The van der Waals surface area contributed by atoms with Crippen molar-refractivity contribution in [3.8, 4) is 0 Å². The molecular weight excluding hydrogens is 232 g/mol. The van der Waals surface area contributed by atoms with Gasteiger partial charge in [-0.05, 0) is 25.5 Å². The van der Waals surface area contributed by atoms with E-state index in [0.717, 1.165) is 16.8 Å². The second-order valence-electron chi connectivity index (χ2n) is 4.26. The molecule has 0 aliphatic heterocycles. The summed E-state index contributed by atoms with van der Waals surface area (Å²) in [6.45, 7) is 4.98. The van der Waals surface area contributed by atoms with E-state index in [1.165, 1.54) is 0 Å². The minimum absolute atomic E-state index is 0.0244. The van der Waals surface area contributed by atoms with E-state index in [4.69, 9.17) is 9.47 Å². The second kappa shape index (κ2) is 7.31. The summed E-state index contributed by atoms with van der Waals surface area (Å²) in [4.78, 5) is 4.40. The summed E-state index contributed by atoms with van der Waals surface area (Å²) in [5, 5.41) is 12.6. The summed E-state index contributed by atoms with van der Waals surface area (Å²) in [7, 11) is 3.29. The Morgan fingerprint density at radius 2 is 2.11 bits per heavy atom. The van der Waals surface area contributed by atoms with Crippen molar-refractivity contribution in [3.63, 3.8) is 0 Å². The van der Waals surface area contributed by atoms with Gasteiger partial charge in [-0.25, -0.2) is 4.98 Å². The molecule has 0 saturated carbocycles. The molecule has 0 aliphatic carbocycles. The minimum atomic E-state index is -0.0378. The van der Waals surface area contributed by atoms with Crippen LogP contribution in [0.2, 0.25) is 0 Å². The fourth-order valence-corrected chi connectivity index (χ4v) is 1.82. The molecule has 1 heterocycles. The van der Waals surface area contributed by atoms with Crippen LogP contribution < -0.4 is 5.32 Å². The number of ether oxygens (including phenoxy) is 2. The van der Waals surface area contributed by atoms with Crippen molar-refractivity contribution in [3.05, 3.63) is 22.9 Å². The average Bonchev–Trinajstić information content (AvgIpc) is 2.33. The molecule has 1 aromatic heterocycles. The van der Waals surface area contributed by atoms with Gasteiger partial charge in [0.1, 0.15) is 5.82 Å². The van der Waals surface area contributed by atoms with Crippen LogP contribution in [0.15, 0.2) is 6.07 Å². The van der Waals surface area contributed by atoms with Crippen LogP contribution in [0.5, 0.6) is 0 Å². The number of nitrogens with one attached hydrogen (secondary N) is 1. The van der Waals surface area contributed by atoms with E-state index >= 15 is 0 Å². The van der Waals surface area contributed by atoms with E-state index in [2.05, 4.69) is 10.3 Å². The first-order chi connectivity index (χ1) is 8.62. The van der Waals surface area contributed by atoms with E-state index in [1.807, 2.05) is 19.9 Å². The van der Waals surface area contributed by atoms with Gasteiger partial charge in [-0.3, -0.25) is 0 Å². The monoisotopic (exact) mass is 254 g/mol. The molecule has 0 fully saturated rings. The summed E-state index contributed by atoms with van der Waals surface area (Å²) in [6, 6.07) is 1.96. The van der Waals surface area contributed by atoms with Crippen LogP contribution in [0.1, 0.15) is 16.8 Å². The molecule has 1 unspecified atom stereocenters. The number of aliphatic hydroxyl groups excluding tert-OH is 1. The van der Waals surface area contributed by atoms with Gasteiger partial charge >= 0.3 is 0 Å². The number of methoxy groups -OCH3 is 2. The van der Waals surface area contributed by atoms with Gasteiger partial charge in [-0.15, -0.1) is 0 Å². The van der Waals surface area contributed by atoms with Crippen LogP contribution >= 0.6 is 0 Å². The zero-order chi connectivity index (χ0) is 13.5. The molecule has 1 rings (SSSR count). The van der Waals surface area contributed by atoms with Crippen LogP contribution in [-0.2, 0) is 16.1 Å². The lowest BCUT2D eigenvalue weighted by Crippen LogP contribution is -2.27. The van der Waals surface area contributed by atoms with Crippen molar-refractivity contribution in [1.82, 2.24) is 4.98 Å². The van der Waals surface area contributed by atoms with Crippen molar-refractivity contribution in [2.75, 3.05) is 32.7 Å². The molecule has 0 saturated heterocycles. The molecule has 0 amide bonds. The maximum absolute atomic E-state index is 9.38. The minimum Gasteiger partial charge on any atom is -0.392 e. The third-order valence-corrected chi connectivity index (χ3v) is 2.82. The SMILES string of the molecule is COCC(CNc1nc(C)cc(C)c1CO)OC. The molecule has 102 valence electrons.